The van der Waals surface area contributed by atoms with Crippen LogP contribution in [-0.4, -0.2) is 17.8 Å². The number of barbiturate groups is 1. The molecule has 1 heterocycles. The van der Waals surface area contributed by atoms with Crippen molar-refractivity contribution in [2.24, 2.45) is 11.8 Å². The molecule has 2 rings (SSSR count). The van der Waals surface area contributed by atoms with Gasteiger partial charge in [-0.1, -0.05) is 35.8 Å². The molecule has 6 heteroatoms. The van der Waals surface area contributed by atoms with Gasteiger partial charge in [-0.25, -0.2) is 9.69 Å². The number of urea groups is 1. The van der Waals surface area contributed by atoms with E-state index in [4.69, 9.17) is 0 Å². The van der Waals surface area contributed by atoms with Gasteiger partial charge in [0.05, 0.1) is 5.69 Å². The molecule has 1 unspecified atom stereocenters. The number of imide groups is 2. The van der Waals surface area contributed by atoms with Crippen LogP contribution in [-0.2, 0) is 9.59 Å². The summed E-state index contributed by atoms with van der Waals surface area (Å²) in [5.74, 6) is -2.03. The second-order valence-electron chi connectivity index (χ2n) is 5.12. The van der Waals surface area contributed by atoms with Crippen LogP contribution in [0.25, 0.3) is 0 Å². The normalized spacial score (nSPS) is 19.6. The molecule has 0 aliphatic carbocycles. The molecule has 106 valence electrons. The number of hydrogen-bond donors (Lipinski definition) is 1. The maximum Gasteiger partial charge on any atom is 0.335 e. The lowest BCUT2D eigenvalue weighted by atomic mass is 9.92. The van der Waals surface area contributed by atoms with Crippen LogP contribution in [0.4, 0.5) is 10.5 Å². The second kappa shape index (κ2) is 5.36. The maximum absolute atomic E-state index is 12.4. The molecule has 1 aliphatic heterocycles. The number of aryl methyl sites for hydroxylation is 1. The van der Waals surface area contributed by atoms with E-state index in [0.717, 1.165) is 14.9 Å². The second-order valence-corrected chi connectivity index (χ2v) is 5.98. The zero-order chi connectivity index (χ0) is 15.0. The van der Waals surface area contributed by atoms with E-state index in [2.05, 4.69) is 21.2 Å². The van der Waals surface area contributed by atoms with E-state index >= 15 is 0 Å². The molecule has 0 radical (unpaired) electrons. The molecule has 1 fully saturated rings. The van der Waals surface area contributed by atoms with Gasteiger partial charge in [-0.3, -0.25) is 14.9 Å². The smallest absolute Gasteiger partial charge is 0.277 e. The lowest BCUT2D eigenvalue weighted by Crippen LogP contribution is -2.59. The Hall–Kier alpha value is -1.69. The summed E-state index contributed by atoms with van der Waals surface area (Å²) in [7, 11) is 0. The molecular weight excluding hydrogens is 324 g/mol. The van der Waals surface area contributed by atoms with E-state index in [-0.39, 0.29) is 5.92 Å². The summed E-state index contributed by atoms with van der Waals surface area (Å²) >= 11 is 3.37. The summed E-state index contributed by atoms with van der Waals surface area (Å²) in [6.45, 7) is 5.47. The number of hydrogen-bond acceptors (Lipinski definition) is 3. The van der Waals surface area contributed by atoms with Crippen LogP contribution >= 0.6 is 15.9 Å². The van der Waals surface area contributed by atoms with E-state index in [1.165, 1.54) is 0 Å². The molecule has 1 saturated heterocycles. The lowest BCUT2D eigenvalue weighted by Gasteiger charge is -2.32. The van der Waals surface area contributed by atoms with Crippen molar-refractivity contribution in [2.75, 3.05) is 4.90 Å². The zero-order valence-corrected chi connectivity index (χ0v) is 13.0. The number of anilines is 1. The average Bonchev–Trinajstić information content (AvgIpc) is 2.32. The predicted octanol–water partition coefficient (Wildman–Crippen LogP) is 2.61. The monoisotopic (exact) mass is 338 g/mol. The SMILES string of the molecule is Cc1ccc(N2C(=O)NC(=O)C(C(C)C)C2=O)cc1Br. The van der Waals surface area contributed by atoms with Crippen LogP contribution < -0.4 is 10.2 Å². The standard InChI is InChI=1S/C14H15BrN2O3/c1-7(2)11-12(18)16-14(20)17(13(11)19)9-5-4-8(3)10(15)6-9/h4-7,11H,1-3H3,(H,16,18,20). The van der Waals surface area contributed by atoms with Gasteiger partial charge in [0, 0.05) is 4.47 Å². The zero-order valence-electron chi connectivity index (χ0n) is 11.4. The lowest BCUT2D eigenvalue weighted by molar-refractivity contribution is -0.136. The van der Waals surface area contributed by atoms with Crippen molar-refractivity contribution >= 4 is 39.5 Å². The Balaban J connectivity index is 2.43. The fraction of sp³-hybridized carbons (Fsp3) is 0.357. The van der Waals surface area contributed by atoms with Crippen molar-refractivity contribution in [3.05, 3.63) is 28.2 Å². The molecule has 0 saturated carbocycles. The minimum Gasteiger partial charge on any atom is -0.277 e. The molecule has 20 heavy (non-hydrogen) atoms. The minimum absolute atomic E-state index is 0.174. The first-order chi connectivity index (χ1) is 9.32. The number of carbonyl (C=O) groups is 3. The van der Waals surface area contributed by atoms with Gasteiger partial charge in [-0.05, 0) is 30.5 Å². The molecule has 4 amide bonds. The molecule has 5 nitrogen and oxygen atoms in total. The number of rotatable bonds is 2. The van der Waals surface area contributed by atoms with Crippen LogP contribution in [0.15, 0.2) is 22.7 Å². The Kier molecular flexibility index (Phi) is 3.94. The van der Waals surface area contributed by atoms with Crippen LogP contribution in [0.3, 0.4) is 0 Å². The van der Waals surface area contributed by atoms with Crippen molar-refractivity contribution in [3.63, 3.8) is 0 Å². The van der Waals surface area contributed by atoms with Gasteiger partial charge >= 0.3 is 6.03 Å². The molecule has 0 bridgehead atoms. The van der Waals surface area contributed by atoms with Crippen molar-refractivity contribution in [1.29, 1.82) is 0 Å². The third kappa shape index (κ3) is 2.47. The summed E-state index contributed by atoms with van der Waals surface area (Å²) < 4.78 is 0.800. The number of benzene rings is 1. The topological polar surface area (TPSA) is 66.5 Å². The maximum atomic E-state index is 12.4. The number of halogens is 1. The van der Waals surface area contributed by atoms with Crippen LogP contribution in [0.1, 0.15) is 19.4 Å². The van der Waals surface area contributed by atoms with Crippen molar-refractivity contribution in [1.82, 2.24) is 5.32 Å². The van der Waals surface area contributed by atoms with Crippen LogP contribution in [0, 0.1) is 18.8 Å². The van der Waals surface area contributed by atoms with Gasteiger partial charge in [-0.2, -0.15) is 0 Å². The first-order valence-electron chi connectivity index (χ1n) is 6.28. The molecular formula is C14H15BrN2O3. The summed E-state index contributed by atoms with van der Waals surface area (Å²) in [4.78, 5) is 37.1. The number of nitrogens with zero attached hydrogens (tertiary/aromatic N) is 1. The highest BCUT2D eigenvalue weighted by molar-refractivity contribution is 9.10. The molecule has 1 aromatic rings. The number of amides is 4. The van der Waals surface area contributed by atoms with Gasteiger partial charge in [0.15, 0.2) is 0 Å². The third-order valence-corrected chi connectivity index (χ3v) is 4.14. The fourth-order valence-electron chi connectivity index (χ4n) is 2.14. The highest BCUT2D eigenvalue weighted by Crippen LogP contribution is 2.28. The highest BCUT2D eigenvalue weighted by Gasteiger charge is 2.42. The van der Waals surface area contributed by atoms with Gasteiger partial charge in [-0.15, -0.1) is 0 Å². The average molecular weight is 339 g/mol. The molecule has 1 aromatic carbocycles. The van der Waals surface area contributed by atoms with E-state index in [1.54, 1.807) is 32.0 Å². The Labute approximate surface area is 125 Å². The van der Waals surface area contributed by atoms with Crippen molar-refractivity contribution in [3.8, 4) is 0 Å². The molecule has 0 aromatic heterocycles. The minimum atomic E-state index is -0.840. The van der Waals surface area contributed by atoms with Gasteiger partial charge in [0.25, 0.3) is 0 Å². The summed E-state index contributed by atoms with van der Waals surface area (Å²) in [6, 6.07) is 4.48. The first kappa shape index (κ1) is 14.7. The quantitative estimate of drug-likeness (QED) is 0.843. The largest absolute Gasteiger partial charge is 0.335 e. The van der Waals surface area contributed by atoms with E-state index in [1.807, 2.05) is 6.92 Å². The Morgan fingerprint density at radius 3 is 2.45 bits per heavy atom. The highest BCUT2D eigenvalue weighted by atomic mass is 79.9. The summed E-state index contributed by atoms with van der Waals surface area (Å²) in [5, 5.41) is 2.24. The van der Waals surface area contributed by atoms with Crippen LogP contribution in [0.2, 0.25) is 0 Å². The number of carbonyl (C=O) groups excluding carboxylic acids is 3. The summed E-state index contributed by atoms with van der Waals surface area (Å²) in [5.41, 5.74) is 1.44. The van der Waals surface area contributed by atoms with Gasteiger partial charge in [0.2, 0.25) is 11.8 Å². The van der Waals surface area contributed by atoms with E-state index in [0.29, 0.717) is 5.69 Å². The van der Waals surface area contributed by atoms with Crippen molar-refractivity contribution in [2.45, 2.75) is 20.8 Å². The van der Waals surface area contributed by atoms with Gasteiger partial charge < -0.3 is 0 Å². The van der Waals surface area contributed by atoms with E-state index in [9.17, 15) is 14.4 Å². The number of nitrogens with one attached hydrogen (secondary N) is 1. The van der Waals surface area contributed by atoms with Gasteiger partial charge in [0.1, 0.15) is 5.92 Å². The summed E-state index contributed by atoms with van der Waals surface area (Å²) in [6.07, 6.45) is 0. The third-order valence-electron chi connectivity index (χ3n) is 3.28. The Bertz CT molecular complexity index is 598. The van der Waals surface area contributed by atoms with Crippen molar-refractivity contribution < 1.29 is 14.4 Å². The molecule has 1 aliphatic rings. The molecule has 0 spiro atoms. The molecule has 1 N–H and O–H groups in total. The van der Waals surface area contributed by atoms with E-state index < -0.39 is 23.8 Å². The van der Waals surface area contributed by atoms with Crippen LogP contribution in [0.5, 0.6) is 0 Å². The Morgan fingerprint density at radius 1 is 1.25 bits per heavy atom. The molecule has 1 atom stereocenters. The predicted molar refractivity (Wildman–Crippen MR) is 78.2 cm³/mol. The first-order valence-corrected chi connectivity index (χ1v) is 7.07. The fourth-order valence-corrected chi connectivity index (χ4v) is 2.51. The Morgan fingerprint density at radius 2 is 1.90 bits per heavy atom.